The monoisotopic (exact) mass is 368 g/mol. The molecule has 26 heavy (non-hydrogen) atoms. The van der Waals surface area contributed by atoms with Crippen molar-refractivity contribution in [1.29, 1.82) is 0 Å². The molecule has 0 radical (unpaired) electrons. The number of aromatic nitrogens is 3. The van der Waals surface area contributed by atoms with E-state index in [0.717, 1.165) is 23.5 Å². The Morgan fingerprint density at radius 2 is 1.88 bits per heavy atom. The van der Waals surface area contributed by atoms with Gasteiger partial charge in [0, 0.05) is 30.0 Å². The molecule has 0 saturated heterocycles. The first-order valence-corrected chi connectivity index (χ1v) is 9.55. The predicted molar refractivity (Wildman–Crippen MR) is 106 cm³/mol. The lowest BCUT2D eigenvalue weighted by Crippen LogP contribution is -2.15. The molecule has 0 bridgehead atoms. The highest BCUT2D eigenvalue weighted by Crippen LogP contribution is 2.25. The number of anilines is 1. The Morgan fingerprint density at radius 3 is 2.54 bits per heavy atom. The van der Waals surface area contributed by atoms with E-state index in [9.17, 15) is 4.79 Å². The van der Waals surface area contributed by atoms with Crippen LogP contribution in [0.1, 0.15) is 39.5 Å². The summed E-state index contributed by atoms with van der Waals surface area (Å²) >= 11 is 1.55. The molecule has 0 aliphatic rings. The van der Waals surface area contributed by atoms with Crippen molar-refractivity contribution in [2.45, 2.75) is 47.1 Å². The first-order valence-electron chi connectivity index (χ1n) is 8.73. The highest BCUT2D eigenvalue weighted by molar-refractivity contribution is 7.15. The Hall–Kier alpha value is -2.47. The van der Waals surface area contributed by atoms with Gasteiger partial charge in [-0.2, -0.15) is 5.10 Å². The van der Waals surface area contributed by atoms with Crippen LogP contribution in [0, 0.1) is 27.7 Å². The van der Waals surface area contributed by atoms with Crippen molar-refractivity contribution in [1.82, 2.24) is 14.8 Å². The quantitative estimate of drug-likeness (QED) is 0.709. The zero-order valence-corrected chi connectivity index (χ0v) is 16.5. The molecule has 0 atom stereocenters. The molecule has 1 aromatic carbocycles. The fraction of sp³-hybridized carbons (Fsp3) is 0.350. The van der Waals surface area contributed by atoms with Crippen LogP contribution in [0.3, 0.4) is 0 Å². The van der Waals surface area contributed by atoms with E-state index in [4.69, 9.17) is 0 Å². The SMILES string of the molecule is Cc1ccc(Cc2sc(NC(=O)CCn3nc(C)cc3C)nc2C)cc1. The molecule has 0 aliphatic carbocycles. The molecular formula is C20H24N4OS. The molecule has 0 spiro atoms. The number of carbonyl (C=O) groups is 1. The molecule has 0 fully saturated rings. The van der Waals surface area contributed by atoms with E-state index in [1.165, 1.54) is 16.0 Å². The van der Waals surface area contributed by atoms with Crippen molar-refractivity contribution >= 4 is 22.4 Å². The molecule has 2 heterocycles. The third-order valence-electron chi connectivity index (χ3n) is 4.28. The van der Waals surface area contributed by atoms with Crippen LogP contribution < -0.4 is 5.32 Å². The maximum Gasteiger partial charge on any atom is 0.228 e. The molecule has 2 aromatic heterocycles. The van der Waals surface area contributed by atoms with E-state index in [2.05, 4.69) is 46.6 Å². The minimum atomic E-state index is -0.0341. The van der Waals surface area contributed by atoms with Crippen LogP contribution in [0.5, 0.6) is 0 Å². The molecule has 6 heteroatoms. The van der Waals surface area contributed by atoms with Crippen LogP contribution in [0.15, 0.2) is 30.3 Å². The van der Waals surface area contributed by atoms with E-state index in [1.807, 2.05) is 31.5 Å². The van der Waals surface area contributed by atoms with Crippen LogP contribution in [-0.2, 0) is 17.8 Å². The van der Waals surface area contributed by atoms with E-state index < -0.39 is 0 Å². The van der Waals surface area contributed by atoms with Crippen molar-refractivity contribution in [3.63, 3.8) is 0 Å². The zero-order valence-electron chi connectivity index (χ0n) is 15.7. The van der Waals surface area contributed by atoms with Gasteiger partial charge in [-0.15, -0.1) is 11.3 Å². The number of hydrogen-bond donors (Lipinski definition) is 1. The van der Waals surface area contributed by atoms with E-state index in [1.54, 1.807) is 11.3 Å². The van der Waals surface area contributed by atoms with Gasteiger partial charge in [0.2, 0.25) is 5.91 Å². The van der Waals surface area contributed by atoms with Gasteiger partial charge in [-0.3, -0.25) is 9.48 Å². The highest BCUT2D eigenvalue weighted by atomic mass is 32.1. The molecule has 5 nitrogen and oxygen atoms in total. The summed E-state index contributed by atoms with van der Waals surface area (Å²) in [5, 5.41) is 7.98. The number of hydrogen-bond acceptors (Lipinski definition) is 4. The van der Waals surface area contributed by atoms with Crippen LogP contribution in [0.2, 0.25) is 0 Å². The molecule has 0 aliphatic heterocycles. The fourth-order valence-electron chi connectivity index (χ4n) is 2.83. The Labute approximate surface area is 158 Å². The van der Waals surface area contributed by atoms with Gasteiger partial charge in [-0.05, 0) is 39.3 Å². The summed E-state index contributed by atoms with van der Waals surface area (Å²) in [7, 11) is 0. The summed E-state index contributed by atoms with van der Waals surface area (Å²) in [6.45, 7) is 8.61. The summed E-state index contributed by atoms with van der Waals surface area (Å²) in [6, 6.07) is 10.5. The Balaban J connectivity index is 1.58. The van der Waals surface area contributed by atoms with E-state index in [0.29, 0.717) is 18.1 Å². The number of carbonyl (C=O) groups excluding carboxylic acids is 1. The molecule has 3 aromatic rings. The average molecular weight is 369 g/mol. The second-order valence-electron chi connectivity index (χ2n) is 6.64. The van der Waals surface area contributed by atoms with E-state index in [-0.39, 0.29) is 5.91 Å². The molecule has 0 saturated carbocycles. The standard InChI is InChI=1S/C20H24N4OS/c1-13-5-7-17(8-6-13)12-18-16(4)21-20(26-18)22-19(25)9-10-24-15(3)11-14(2)23-24/h5-8,11H,9-10,12H2,1-4H3,(H,21,22,25). The van der Waals surface area contributed by atoms with Crippen LogP contribution >= 0.6 is 11.3 Å². The maximum atomic E-state index is 12.2. The number of aryl methyl sites for hydroxylation is 5. The Kier molecular flexibility index (Phi) is 5.52. The summed E-state index contributed by atoms with van der Waals surface area (Å²) in [4.78, 5) is 17.9. The number of amides is 1. The third kappa shape index (κ3) is 4.58. The largest absolute Gasteiger partial charge is 0.302 e. The van der Waals surface area contributed by atoms with Gasteiger partial charge in [0.05, 0.1) is 11.4 Å². The van der Waals surface area contributed by atoms with Crippen LogP contribution in [0.4, 0.5) is 5.13 Å². The lowest BCUT2D eigenvalue weighted by Gasteiger charge is -2.04. The molecule has 0 unspecified atom stereocenters. The first kappa shape index (κ1) is 18.3. The van der Waals surface area contributed by atoms with Crippen LogP contribution in [0.25, 0.3) is 0 Å². The topological polar surface area (TPSA) is 59.8 Å². The summed E-state index contributed by atoms with van der Waals surface area (Å²) in [6.07, 6.45) is 1.22. The van der Waals surface area contributed by atoms with Gasteiger partial charge in [0.15, 0.2) is 5.13 Å². The number of thiazole rings is 1. The maximum absolute atomic E-state index is 12.2. The van der Waals surface area contributed by atoms with Crippen molar-refractivity contribution in [3.05, 3.63) is 63.4 Å². The summed E-state index contributed by atoms with van der Waals surface area (Å²) < 4.78 is 1.87. The summed E-state index contributed by atoms with van der Waals surface area (Å²) in [5.41, 5.74) is 5.53. The second kappa shape index (κ2) is 7.83. The number of nitrogens with zero attached hydrogens (tertiary/aromatic N) is 3. The molecule has 3 rings (SSSR count). The normalized spacial score (nSPS) is 10.9. The van der Waals surface area contributed by atoms with Crippen molar-refractivity contribution in [2.24, 2.45) is 0 Å². The van der Waals surface area contributed by atoms with Gasteiger partial charge < -0.3 is 5.32 Å². The smallest absolute Gasteiger partial charge is 0.228 e. The molecule has 136 valence electrons. The lowest BCUT2D eigenvalue weighted by atomic mass is 10.1. The molecule has 1 N–H and O–H groups in total. The number of rotatable bonds is 6. The third-order valence-corrected chi connectivity index (χ3v) is 5.35. The molecular weight excluding hydrogens is 344 g/mol. The van der Waals surface area contributed by atoms with Crippen molar-refractivity contribution < 1.29 is 4.79 Å². The van der Waals surface area contributed by atoms with Crippen molar-refractivity contribution in [3.8, 4) is 0 Å². The minimum Gasteiger partial charge on any atom is -0.302 e. The number of benzene rings is 1. The van der Waals surface area contributed by atoms with Gasteiger partial charge in [-0.1, -0.05) is 29.8 Å². The van der Waals surface area contributed by atoms with Crippen LogP contribution in [-0.4, -0.2) is 20.7 Å². The second-order valence-corrected chi connectivity index (χ2v) is 7.72. The average Bonchev–Trinajstić information content (AvgIpc) is 3.09. The van der Waals surface area contributed by atoms with Gasteiger partial charge in [0.1, 0.15) is 0 Å². The molecule has 1 amide bonds. The van der Waals surface area contributed by atoms with Gasteiger partial charge in [-0.25, -0.2) is 4.98 Å². The van der Waals surface area contributed by atoms with E-state index >= 15 is 0 Å². The first-order chi connectivity index (χ1) is 12.4. The zero-order chi connectivity index (χ0) is 18.7. The number of nitrogens with one attached hydrogen (secondary N) is 1. The summed E-state index contributed by atoms with van der Waals surface area (Å²) in [5.74, 6) is -0.0341. The lowest BCUT2D eigenvalue weighted by molar-refractivity contribution is -0.116. The van der Waals surface area contributed by atoms with Gasteiger partial charge in [0.25, 0.3) is 0 Å². The fourth-order valence-corrected chi connectivity index (χ4v) is 3.84. The Bertz CT molecular complexity index is 909. The van der Waals surface area contributed by atoms with Crippen molar-refractivity contribution in [2.75, 3.05) is 5.32 Å². The van der Waals surface area contributed by atoms with Gasteiger partial charge >= 0.3 is 0 Å². The Morgan fingerprint density at radius 1 is 1.15 bits per heavy atom. The predicted octanol–water partition coefficient (Wildman–Crippen LogP) is 4.19. The highest BCUT2D eigenvalue weighted by Gasteiger charge is 2.12. The minimum absolute atomic E-state index is 0.0341.